The Hall–Kier alpha value is -5.22. The van der Waals surface area contributed by atoms with Gasteiger partial charge in [0, 0.05) is 33.7 Å². The number of nitrogens with one attached hydrogen (secondary N) is 1. The lowest BCUT2D eigenvalue weighted by Gasteiger charge is -2.45. The number of hydrogen-bond donors (Lipinski definition) is 1. The van der Waals surface area contributed by atoms with E-state index in [1.54, 1.807) is 0 Å². The van der Waals surface area contributed by atoms with Crippen molar-refractivity contribution >= 4 is 68.6 Å². The normalized spacial score (nSPS) is 20.2. The van der Waals surface area contributed by atoms with E-state index in [0.29, 0.717) is 0 Å². The first-order valence-corrected chi connectivity index (χ1v) is 24.7. The molecule has 0 saturated carbocycles. The van der Waals surface area contributed by atoms with Crippen LogP contribution in [-0.2, 0) is 32.5 Å². The molecule has 0 amide bonds. The minimum Gasteiger partial charge on any atom is -0.456 e. The van der Waals surface area contributed by atoms with Gasteiger partial charge in [0.1, 0.15) is 11.2 Å². The summed E-state index contributed by atoms with van der Waals surface area (Å²) in [6.45, 7) is 31.6. The predicted octanol–water partition coefficient (Wildman–Crippen LogP) is 15.5. The predicted molar refractivity (Wildman–Crippen MR) is 281 cm³/mol. The molecule has 0 spiro atoms. The molecule has 0 bridgehead atoms. The zero-order valence-electron chi connectivity index (χ0n) is 41.5. The molecule has 3 aliphatic carbocycles. The van der Waals surface area contributed by atoms with Gasteiger partial charge in [-0.2, -0.15) is 0 Å². The van der Waals surface area contributed by atoms with Gasteiger partial charge in [-0.1, -0.05) is 131 Å². The number of aryl methyl sites for hydroxylation is 1. The van der Waals surface area contributed by atoms with E-state index >= 15 is 0 Å². The van der Waals surface area contributed by atoms with Crippen molar-refractivity contribution in [2.75, 3.05) is 10.2 Å². The zero-order chi connectivity index (χ0) is 45.8. The van der Waals surface area contributed by atoms with E-state index < -0.39 is 0 Å². The number of hydrogen-bond acceptors (Lipinski definition) is 3. The molecule has 11 rings (SSSR count). The fourth-order valence-electron chi connectivity index (χ4n) is 12.7. The highest BCUT2D eigenvalue weighted by molar-refractivity contribution is 6.73. The molecule has 1 aromatic heterocycles. The van der Waals surface area contributed by atoms with Gasteiger partial charge in [0.25, 0.3) is 0 Å². The lowest BCUT2D eigenvalue weighted by Crippen LogP contribution is -2.44. The second kappa shape index (κ2) is 13.9. The number of anilines is 5. The molecule has 2 heterocycles. The van der Waals surface area contributed by atoms with Crippen LogP contribution < -0.4 is 21.1 Å². The van der Waals surface area contributed by atoms with Crippen LogP contribution in [0.4, 0.5) is 28.4 Å². The van der Waals surface area contributed by atoms with E-state index in [1.165, 1.54) is 117 Å². The molecule has 7 aromatic rings. The first kappa shape index (κ1) is 42.4. The van der Waals surface area contributed by atoms with Crippen molar-refractivity contribution in [2.24, 2.45) is 0 Å². The van der Waals surface area contributed by atoms with Gasteiger partial charge in [-0.3, -0.25) is 0 Å². The maximum atomic E-state index is 6.65. The van der Waals surface area contributed by atoms with Crippen molar-refractivity contribution in [1.29, 1.82) is 0 Å². The lowest BCUT2D eigenvalue weighted by atomic mass is 9.55. The van der Waals surface area contributed by atoms with Gasteiger partial charge in [0.15, 0.2) is 7.28 Å². The van der Waals surface area contributed by atoms with Crippen molar-refractivity contribution in [3.05, 3.63) is 136 Å². The molecule has 0 fully saturated rings. The van der Waals surface area contributed by atoms with Crippen LogP contribution in [-0.4, -0.2) is 7.28 Å². The Morgan fingerprint density at radius 3 is 1.69 bits per heavy atom. The molecule has 1 aliphatic heterocycles. The van der Waals surface area contributed by atoms with Crippen molar-refractivity contribution < 1.29 is 4.42 Å². The Bertz CT molecular complexity index is 3130. The zero-order valence-corrected chi connectivity index (χ0v) is 41.5. The molecule has 332 valence electrons. The molecule has 65 heavy (non-hydrogen) atoms. The molecule has 4 heteroatoms. The monoisotopic (exact) mass is 857 g/mol. The molecule has 0 saturated heterocycles. The Kier molecular flexibility index (Phi) is 9.08. The standard InChI is InChI=1S/C61H69BN2O/c1-36-30-41(39-20-23-52-53(40-16-14-15-17-51(40)65-52)55(39)63-37-18-21-42-44(32-37)58(6,7)26-24-56(42,2)3)54-50(31-36)64(38-19-22-43-45(33-38)59(8,9)27-25-57(43,4)5)49-35-47-46(34-48(49)62-54)60(10,11)28-29-61(47,12)13/h14-23,30-35,62-63H,24-29H2,1-13H3. The average molecular weight is 857 g/mol. The Labute approximate surface area is 389 Å². The minimum atomic E-state index is 0.0902. The topological polar surface area (TPSA) is 28.4 Å². The molecule has 4 aliphatic rings. The second-order valence-electron chi connectivity index (χ2n) is 24.7. The smallest absolute Gasteiger partial charge is 0.198 e. The van der Waals surface area contributed by atoms with Crippen molar-refractivity contribution in [3.8, 4) is 11.1 Å². The van der Waals surface area contributed by atoms with Gasteiger partial charge < -0.3 is 14.6 Å². The van der Waals surface area contributed by atoms with Gasteiger partial charge in [0.05, 0.1) is 11.1 Å². The number of nitrogens with zero attached hydrogens (tertiary/aromatic N) is 1. The number of para-hydroxylation sites is 1. The largest absolute Gasteiger partial charge is 0.456 e. The highest BCUT2D eigenvalue weighted by Gasteiger charge is 2.42. The molecule has 3 nitrogen and oxygen atoms in total. The third kappa shape index (κ3) is 6.58. The summed E-state index contributed by atoms with van der Waals surface area (Å²) in [7, 11) is 0.857. The molecule has 0 unspecified atom stereocenters. The van der Waals surface area contributed by atoms with E-state index in [1.807, 2.05) is 0 Å². The summed E-state index contributed by atoms with van der Waals surface area (Å²) in [6.07, 6.45) is 7.14. The summed E-state index contributed by atoms with van der Waals surface area (Å²) >= 11 is 0. The van der Waals surface area contributed by atoms with Crippen LogP contribution in [0.2, 0.25) is 0 Å². The molecular weight excluding hydrogens is 787 g/mol. The van der Waals surface area contributed by atoms with Crippen LogP contribution >= 0.6 is 0 Å². The third-order valence-corrected chi connectivity index (χ3v) is 17.3. The number of furan rings is 1. The first-order chi connectivity index (χ1) is 30.5. The van der Waals surface area contributed by atoms with Gasteiger partial charge in [0.2, 0.25) is 0 Å². The van der Waals surface area contributed by atoms with Crippen LogP contribution in [0.25, 0.3) is 33.1 Å². The molecule has 0 radical (unpaired) electrons. The SMILES string of the molecule is Cc1cc(-c2ccc3oc4ccccc4c3c2Nc2ccc3c(c2)C(C)(C)CCC3(C)C)c2c(c1)N(c1ccc3c(c1)C(C)(C)CCC3(C)C)c1cc3c(cc1B2)C(C)(C)CCC3(C)C. The number of fused-ring (bicyclic) bond motifs is 8. The lowest BCUT2D eigenvalue weighted by molar-refractivity contribution is 0.332. The Morgan fingerprint density at radius 2 is 1.05 bits per heavy atom. The number of rotatable bonds is 4. The van der Waals surface area contributed by atoms with E-state index in [2.05, 4.69) is 197 Å². The summed E-state index contributed by atoms with van der Waals surface area (Å²) in [4.78, 5) is 2.66. The highest BCUT2D eigenvalue weighted by atomic mass is 16.3. The van der Waals surface area contributed by atoms with Gasteiger partial charge in [-0.05, 0) is 183 Å². The van der Waals surface area contributed by atoms with E-state index in [9.17, 15) is 0 Å². The average Bonchev–Trinajstić information content (AvgIpc) is 3.64. The van der Waals surface area contributed by atoms with Crippen molar-refractivity contribution in [2.45, 2.75) is 161 Å². The Balaban J connectivity index is 1.17. The highest BCUT2D eigenvalue weighted by Crippen LogP contribution is 2.53. The van der Waals surface area contributed by atoms with Crippen molar-refractivity contribution in [1.82, 2.24) is 0 Å². The summed E-state index contributed by atoms with van der Waals surface area (Å²) in [5.74, 6) is 0. The van der Waals surface area contributed by atoms with Gasteiger partial charge in [-0.15, -0.1) is 0 Å². The molecule has 6 aromatic carbocycles. The van der Waals surface area contributed by atoms with Gasteiger partial charge in [-0.25, -0.2) is 0 Å². The maximum Gasteiger partial charge on any atom is 0.198 e. The molecular formula is C61H69BN2O. The van der Waals surface area contributed by atoms with Crippen molar-refractivity contribution in [3.63, 3.8) is 0 Å². The second-order valence-corrected chi connectivity index (χ2v) is 24.7. The fourth-order valence-corrected chi connectivity index (χ4v) is 12.7. The summed E-state index contributed by atoms with van der Waals surface area (Å²) in [5.41, 5.74) is 24.1. The first-order valence-electron chi connectivity index (χ1n) is 24.7. The van der Waals surface area contributed by atoms with Crippen LogP contribution in [0, 0.1) is 6.92 Å². The molecule has 1 N–H and O–H groups in total. The maximum absolute atomic E-state index is 6.65. The minimum absolute atomic E-state index is 0.0902. The quantitative estimate of drug-likeness (QED) is 0.179. The fraction of sp³-hybridized carbons (Fsp3) is 0.410. The Morgan fingerprint density at radius 1 is 0.492 bits per heavy atom. The summed E-state index contributed by atoms with van der Waals surface area (Å²) in [6, 6.07) is 37.9. The van der Waals surface area contributed by atoms with Crippen LogP contribution in [0.5, 0.6) is 0 Å². The third-order valence-electron chi connectivity index (χ3n) is 17.3. The summed E-state index contributed by atoms with van der Waals surface area (Å²) < 4.78 is 6.65. The number of benzene rings is 6. The molecule has 0 atom stereocenters. The van der Waals surface area contributed by atoms with E-state index in [0.717, 1.165) is 40.6 Å². The van der Waals surface area contributed by atoms with Gasteiger partial charge >= 0.3 is 0 Å². The van der Waals surface area contributed by atoms with Crippen LogP contribution in [0.15, 0.2) is 101 Å². The van der Waals surface area contributed by atoms with E-state index in [-0.39, 0.29) is 32.5 Å². The van der Waals surface area contributed by atoms with Crippen LogP contribution in [0.1, 0.15) is 161 Å². The van der Waals surface area contributed by atoms with Crippen LogP contribution in [0.3, 0.4) is 0 Å². The van der Waals surface area contributed by atoms with E-state index in [4.69, 9.17) is 4.42 Å². The summed E-state index contributed by atoms with van der Waals surface area (Å²) in [5, 5.41) is 6.40.